The molecule has 1 heterocycles. The molecule has 0 aromatic heterocycles. The number of carbonyl (C=O) groups excluding carboxylic acids is 1. The van der Waals surface area contributed by atoms with Crippen molar-refractivity contribution in [3.8, 4) is 5.75 Å². The molecule has 1 fully saturated rings. The van der Waals surface area contributed by atoms with Crippen LogP contribution in [0.1, 0.15) is 30.4 Å². The third kappa shape index (κ3) is 4.05. The Morgan fingerprint density at radius 1 is 1.42 bits per heavy atom. The summed E-state index contributed by atoms with van der Waals surface area (Å²) in [5.41, 5.74) is 9.10. The highest BCUT2D eigenvalue weighted by atomic mass is 35.5. The monoisotopic (exact) mass is 370 g/mol. The molecule has 1 aromatic carbocycles. The standard InChI is InChI=1S/C18H23ClN2O2.ClH/c1-23-17-7-6-16(19)15-9-12(4-5-14(15)17)10-21-8-2-3-13(11-21)18(20)22;/h6-7,9,13H,2-5,8,10-11H2,1H3,(H2,20,22);1H. The summed E-state index contributed by atoms with van der Waals surface area (Å²) in [6.45, 7) is 2.68. The molecular formula is C18H24Cl2N2O2. The molecule has 2 aliphatic rings. The predicted molar refractivity (Wildman–Crippen MR) is 99.9 cm³/mol. The number of methoxy groups -OCH3 is 1. The van der Waals surface area contributed by atoms with Crippen molar-refractivity contribution in [2.24, 2.45) is 11.7 Å². The number of hydrogen-bond donors (Lipinski definition) is 1. The zero-order chi connectivity index (χ0) is 16.4. The Balaban J connectivity index is 0.00000208. The largest absolute Gasteiger partial charge is 0.496 e. The van der Waals surface area contributed by atoms with Gasteiger partial charge in [0.05, 0.1) is 13.0 Å². The molecule has 1 aliphatic carbocycles. The summed E-state index contributed by atoms with van der Waals surface area (Å²) >= 11 is 6.37. The van der Waals surface area contributed by atoms with E-state index in [0.717, 1.165) is 61.7 Å². The smallest absolute Gasteiger partial charge is 0.221 e. The van der Waals surface area contributed by atoms with E-state index in [0.29, 0.717) is 0 Å². The molecule has 1 unspecified atom stereocenters. The van der Waals surface area contributed by atoms with Crippen LogP contribution in [0.15, 0.2) is 17.7 Å². The Kier molecular flexibility index (Phi) is 6.55. The molecule has 1 aliphatic heterocycles. The highest BCUT2D eigenvalue weighted by molar-refractivity contribution is 6.32. The van der Waals surface area contributed by atoms with Crippen LogP contribution >= 0.6 is 24.0 Å². The molecule has 0 spiro atoms. The Bertz CT molecular complexity index is 646. The van der Waals surface area contributed by atoms with E-state index in [1.807, 2.05) is 12.1 Å². The van der Waals surface area contributed by atoms with Crippen LogP contribution in [0.2, 0.25) is 5.02 Å². The van der Waals surface area contributed by atoms with Gasteiger partial charge in [0.2, 0.25) is 5.91 Å². The van der Waals surface area contributed by atoms with E-state index < -0.39 is 0 Å². The first-order valence-electron chi connectivity index (χ1n) is 8.15. The Hall–Kier alpha value is -1.23. The Morgan fingerprint density at radius 2 is 2.21 bits per heavy atom. The molecule has 1 saturated heterocycles. The second-order valence-corrected chi connectivity index (χ2v) is 6.83. The highest BCUT2D eigenvalue weighted by Gasteiger charge is 2.25. The molecule has 0 radical (unpaired) electrons. The van der Waals surface area contributed by atoms with E-state index >= 15 is 0 Å². The Morgan fingerprint density at radius 3 is 2.92 bits per heavy atom. The number of benzene rings is 1. The first-order valence-corrected chi connectivity index (χ1v) is 8.52. The van der Waals surface area contributed by atoms with Crippen LogP contribution in [0, 0.1) is 5.92 Å². The minimum Gasteiger partial charge on any atom is -0.496 e. The van der Waals surface area contributed by atoms with Crippen LogP contribution in [0.5, 0.6) is 5.75 Å². The van der Waals surface area contributed by atoms with Gasteiger partial charge in [-0.25, -0.2) is 0 Å². The summed E-state index contributed by atoms with van der Waals surface area (Å²) in [6.07, 6.45) is 6.08. The van der Waals surface area contributed by atoms with Gasteiger partial charge in [0.25, 0.3) is 0 Å². The molecule has 6 heteroatoms. The SMILES string of the molecule is COc1ccc(Cl)c2c1CCC(CN1CCCC(C(N)=O)C1)=C2.Cl. The fraction of sp³-hybridized carbons (Fsp3) is 0.500. The average Bonchev–Trinajstić information content (AvgIpc) is 2.56. The van der Waals surface area contributed by atoms with Crippen molar-refractivity contribution in [3.05, 3.63) is 33.9 Å². The van der Waals surface area contributed by atoms with Crippen molar-refractivity contribution in [3.63, 3.8) is 0 Å². The number of primary amides is 1. The summed E-state index contributed by atoms with van der Waals surface area (Å²) in [4.78, 5) is 13.8. The number of nitrogens with two attached hydrogens (primary N) is 1. The van der Waals surface area contributed by atoms with Gasteiger partial charge in [-0.05, 0) is 49.9 Å². The maximum absolute atomic E-state index is 11.4. The molecule has 0 bridgehead atoms. The fourth-order valence-corrected chi connectivity index (χ4v) is 3.86. The van der Waals surface area contributed by atoms with Gasteiger partial charge >= 0.3 is 0 Å². The van der Waals surface area contributed by atoms with Gasteiger partial charge in [0, 0.05) is 23.7 Å². The van der Waals surface area contributed by atoms with E-state index in [2.05, 4.69) is 11.0 Å². The zero-order valence-corrected chi connectivity index (χ0v) is 15.5. The van der Waals surface area contributed by atoms with Gasteiger partial charge in [0.1, 0.15) is 5.75 Å². The lowest BCUT2D eigenvalue weighted by molar-refractivity contribution is -0.123. The summed E-state index contributed by atoms with van der Waals surface area (Å²) in [5.74, 6) is 0.723. The van der Waals surface area contributed by atoms with Gasteiger partial charge in [-0.3, -0.25) is 9.69 Å². The van der Waals surface area contributed by atoms with E-state index in [4.69, 9.17) is 22.1 Å². The minimum absolute atomic E-state index is 0. The molecule has 2 N–H and O–H groups in total. The third-order valence-corrected chi connectivity index (χ3v) is 5.19. The van der Waals surface area contributed by atoms with Crippen LogP contribution in [0.25, 0.3) is 6.08 Å². The van der Waals surface area contributed by atoms with Gasteiger partial charge < -0.3 is 10.5 Å². The lowest BCUT2D eigenvalue weighted by Gasteiger charge is -2.32. The van der Waals surface area contributed by atoms with E-state index in [9.17, 15) is 4.79 Å². The molecule has 1 amide bonds. The van der Waals surface area contributed by atoms with Crippen molar-refractivity contribution in [1.29, 1.82) is 0 Å². The van der Waals surface area contributed by atoms with Gasteiger partial charge in [0.15, 0.2) is 0 Å². The molecule has 132 valence electrons. The normalized spacial score (nSPS) is 20.6. The number of rotatable bonds is 4. The maximum atomic E-state index is 11.4. The number of nitrogens with zero attached hydrogens (tertiary/aromatic N) is 1. The summed E-state index contributed by atoms with van der Waals surface area (Å²) in [7, 11) is 1.69. The number of piperidine rings is 1. The van der Waals surface area contributed by atoms with E-state index in [-0.39, 0.29) is 24.2 Å². The third-order valence-electron chi connectivity index (χ3n) is 4.86. The quantitative estimate of drug-likeness (QED) is 0.884. The molecule has 0 saturated carbocycles. The molecule has 1 aromatic rings. The number of carbonyl (C=O) groups is 1. The van der Waals surface area contributed by atoms with Crippen molar-refractivity contribution in [2.45, 2.75) is 25.7 Å². The predicted octanol–water partition coefficient (Wildman–Crippen LogP) is 3.30. The molecule has 1 atom stereocenters. The van der Waals surface area contributed by atoms with E-state index in [1.54, 1.807) is 7.11 Å². The van der Waals surface area contributed by atoms with Crippen LogP contribution in [0.3, 0.4) is 0 Å². The number of hydrogen-bond acceptors (Lipinski definition) is 3. The van der Waals surface area contributed by atoms with Crippen LogP contribution in [-0.2, 0) is 11.2 Å². The van der Waals surface area contributed by atoms with Crippen LogP contribution in [-0.4, -0.2) is 37.6 Å². The van der Waals surface area contributed by atoms with Crippen LogP contribution < -0.4 is 10.5 Å². The van der Waals surface area contributed by atoms with Crippen molar-refractivity contribution < 1.29 is 9.53 Å². The number of amides is 1. The molecule has 3 rings (SSSR count). The Labute approximate surface area is 154 Å². The molecule has 4 nitrogen and oxygen atoms in total. The topological polar surface area (TPSA) is 55.6 Å². The second-order valence-electron chi connectivity index (χ2n) is 6.42. The van der Waals surface area contributed by atoms with Crippen molar-refractivity contribution in [2.75, 3.05) is 26.7 Å². The lowest BCUT2D eigenvalue weighted by atomic mass is 9.90. The summed E-state index contributed by atoms with van der Waals surface area (Å²) < 4.78 is 5.44. The van der Waals surface area contributed by atoms with Gasteiger partial charge in [-0.1, -0.05) is 23.3 Å². The van der Waals surface area contributed by atoms with Crippen LogP contribution in [0.4, 0.5) is 0 Å². The fourth-order valence-electron chi connectivity index (χ4n) is 3.63. The first-order chi connectivity index (χ1) is 11.1. The van der Waals surface area contributed by atoms with E-state index in [1.165, 1.54) is 11.1 Å². The number of ether oxygens (including phenoxy) is 1. The van der Waals surface area contributed by atoms with Crippen molar-refractivity contribution in [1.82, 2.24) is 4.90 Å². The minimum atomic E-state index is -0.176. The van der Waals surface area contributed by atoms with Crippen molar-refractivity contribution >= 4 is 36.0 Å². The average molecular weight is 371 g/mol. The molecule has 24 heavy (non-hydrogen) atoms. The zero-order valence-electron chi connectivity index (χ0n) is 13.9. The summed E-state index contributed by atoms with van der Waals surface area (Å²) in [6, 6.07) is 3.82. The summed E-state index contributed by atoms with van der Waals surface area (Å²) in [5, 5.41) is 0.770. The molecular weight excluding hydrogens is 347 g/mol. The highest BCUT2D eigenvalue weighted by Crippen LogP contribution is 2.36. The number of fused-ring (bicyclic) bond motifs is 1. The first kappa shape index (κ1) is 19.1. The number of halogens is 2. The lowest BCUT2D eigenvalue weighted by Crippen LogP contribution is -2.41. The maximum Gasteiger partial charge on any atom is 0.221 e. The van der Waals surface area contributed by atoms with Gasteiger partial charge in [-0.15, -0.1) is 12.4 Å². The second kappa shape index (κ2) is 8.24. The number of likely N-dealkylation sites (tertiary alicyclic amines) is 1. The van der Waals surface area contributed by atoms with Gasteiger partial charge in [-0.2, -0.15) is 0 Å².